The molecule has 1 fully saturated rings. The molecule has 98 valence electrons. The highest BCUT2D eigenvalue weighted by atomic mass is 16.5. The molecule has 1 saturated heterocycles. The number of benzene rings is 1. The summed E-state index contributed by atoms with van der Waals surface area (Å²) in [5.74, 6) is 0.899. The minimum atomic E-state index is -0.0296. The van der Waals surface area contributed by atoms with Crippen LogP contribution in [0.1, 0.15) is 31.4 Å². The molecule has 1 heterocycles. The standard InChI is InChI=1S/C14H20N2O2/c1-10(11-5-3-6-12(9-11)18-2)16-14(17)13-7-4-8-15-13/h3,5-6,9-10,13,15H,4,7-8H2,1-2H3,(H,16,17)/t10?,13-/m0/s1. The molecule has 0 spiro atoms. The largest absolute Gasteiger partial charge is 0.497 e. The van der Waals surface area contributed by atoms with Crippen LogP contribution in [-0.2, 0) is 4.79 Å². The van der Waals surface area contributed by atoms with Crippen molar-refractivity contribution in [2.45, 2.75) is 31.8 Å². The summed E-state index contributed by atoms with van der Waals surface area (Å²) in [4.78, 5) is 12.0. The molecule has 1 aliphatic rings. The Labute approximate surface area is 108 Å². The fourth-order valence-corrected chi connectivity index (χ4v) is 2.22. The summed E-state index contributed by atoms with van der Waals surface area (Å²) in [7, 11) is 1.64. The van der Waals surface area contributed by atoms with Gasteiger partial charge in [0.1, 0.15) is 5.75 Å². The van der Waals surface area contributed by atoms with Crippen molar-refractivity contribution in [2.75, 3.05) is 13.7 Å². The lowest BCUT2D eigenvalue weighted by molar-refractivity contribution is -0.123. The lowest BCUT2D eigenvalue weighted by Crippen LogP contribution is -2.41. The fraction of sp³-hybridized carbons (Fsp3) is 0.500. The second kappa shape index (κ2) is 5.87. The third-order valence-electron chi connectivity index (χ3n) is 3.33. The first-order chi connectivity index (χ1) is 8.70. The SMILES string of the molecule is COc1cccc(C(C)NC(=O)[C@@H]2CCCN2)c1. The van der Waals surface area contributed by atoms with Crippen molar-refractivity contribution in [3.8, 4) is 5.75 Å². The van der Waals surface area contributed by atoms with Crippen LogP contribution in [0.2, 0.25) is 0 Å². The zero-order chi connectivity index (χ0) is 13.0. The number of hydrogen-bond acceptors (Lipinski definition) is 3. The maximum absolute atomic E-state index is 12.0. The summed E-state index contributed by atoms with van der Waals surface area (Å²) in [5, 5.41) is 6.23. The molecule has 1 amide bonds. The van der Waals surface area contributed by atoms with Gasteiger partial charge in [-0.25, -0.2) is 0 Å². The van der Waals surface area contributed by atoms with Crippen molar-refractivity contribution in [1.82, 2.24) is 10.6 Å². The van der Waals surface area contributed by atoms with Crippen molar-refractivity contribution in [3.05, 3.63) is 29.8 Å². The summed E-state index contributed by atoms with van der Waals surface area (Å²) in [6.07, 6.45) is 2.00. The number of carbonyl (C=O) groups excluding carboxylic acids is 1. The molecule has 0 saturated carbocycles. The first-order valence-corrected chi connectivity index (χ1v) is 6.38. The van der Waals surface area contributed by atoms with Crippen LogP contribution in [0.25, 0.3) is 0 Å². The molecule has 1 aliphatic heterocycles. The molecule has 2 atom stereocenters. The van der Waals surface area contributed by atoms with Gasteiger partial charge in [0.2, 0.25) is 5.91 Å². The molecule has 4 nitrogen and oxygen atoms in total. The fourth-order valence-electron chi connectivity index (χ4n) is 2.22. The highest BCUT2D eigenvalue weighted by molar-refractivity contribution is 5.82. The minimum absolute atomic E-state index is 0.00463. The maximum Gasteiger partial charge on any atom is 0.237 e. The number of carbonyl (C=O) groups is 1. The van der Waals surface area contributed by atoms with Gasteiger partial charge in [-0.2, -0.15) is 0 Å². The van der Waals surface area contributed by atoms with Gasteiger partial charge in [-0.05, 0) is 44.0 Å². The highest BCUT2D eigenvalue weighted by Crippen LogP contribution is 2.19. The zero-order valence-corrected chi connectivity index (χ0v) is 10.9. The van der Waals surface area contributed by atoms with Gasteiger partial charge < -0.3 is 15.4 Å². The minimum Gasteiger partial charge on any atom is -0.497 e. The molecule has 1 aromatic rings. The highest BCUT2D eigenvalue weighted by Gasteiger charge is 2.23. The summed E-state index contributed by atoms with van der Waals surface area (Å²) in [6.45, 7) is 2.92. The van der Waals surface area contributed by atoms with Crippen LogP contribution in [0.4, 0.5) is 0 Å². The predicted molar refractivity (Wildman–Crippen MR) is 70.6 cm³/mol. The molecule has 4 heteroatoms. The molecular formula is C14H20N2O2. The topological polar surface area (TPSA) is 50.4 Å². The number of amides is 1. The quantitative estimate of drug-likeness (QED) is 0.851. The van der Waals surface area contributed by atoms with E-state index in [9.17, 15) is 4.79 Å². The van der Waals surface area contributed by atoms with Gasteiger partial charge in [0.05, 0.1) is 19.2 Å². The van der Waals surface area contributed by atoms with Gasteiger partial charge in [0.25, 0.3) is 0 Å². The van der Waals surface area contributed by atoms with Crippen molar-refractivity contribution in [1.29, 1.82) is 0 Å². The Morgan fingerprint density at radius 1 is 1.56 bits per heavy atom. The van der Waals surface area contributed by atoms with Crippen molar-refractivity contribution >= 4 is 5.91 Å². The molecule has 0 bridgehead atoms. The molecule has 0 radical (unpaired) electrons. The van der Waals surface area contributed by atoms with Crippen molar-refractivity contribution in [2.24, 2.45) is 0 Å². The normalized spacial score (nSPS) is 20.4. The monoisotopic (exact) mass is 248 g/mol. The van der Waals surface area contributed by atoms with E-state index in [0.717, 1.165) is 30.7 Å². The first kappa shape index (κ1) is 12.9. The smallest absolute Gasteiger partial charge is 0.237 e. The third-order valence-corrected chi connectivity index (χ3v) is 3.33. The second-order valence-electron chi connectivity index (χ2n) is 4.66. The van der Waals surface area contributed by atoms with Gasteiger partial charge in [-0.15, -0.1) is 0 Å². The summed E-state index contributed by atoms with van der Waals surface area (Å²) in [6, 6.07) is 7.75. The summed E-state index contributed by atoms with van der Waals surface area (Å²) < 4.78 is 5.18. The van der Waals surface area contributed by atoms with Crippen LogP contribution in [0.3, 0.4) is 0 Å². The Bertz CT molecular complexity index is 414. The average molecular weight is 248 g/mol. The van der Waals surface area contributed by atoms with E-state index in [1.165, 1.54) is 0 Å². The second-order valence-corrected chi connectivity index (χ2v) is 4.66. The van der Waals surface area contributed by atoms with E-state index in [0.29, 0.717) is 0 Å². The Hall–Kier alpha value is -1.55. The van der Waals surface area contributed by atoms with Gasteiger partial charge in [-0.1, -0.05) is 12.1 Å². The van der Waals surface area contributed by atoms with E-state index in [1.54, 1.807) is 7.11 Å². The maximum atomic E-state index is 12.0. The number of nitrogens with one attached hydrogen (secondary N) is 2. The predicted octanol–water partition coefficient (Wildman–Crippen LogP) is 1.62. The average Bonchev–Trinajstić information content (AvgIpc) is 2.92. The molecule has 1 aromatic carbocycles. The lowest BCUT2D eigenvalue weighted by atomic mass is 10.1. The zero-order valence-electron chi connectivity index (χ0n) is 10.9. The van der Waals surface area contributed by atoms with Gasteiger partial charge >= 0.3 is 0 Å². The van der Waals surface area contributed by atoms with E-state index in [-0.39, 0.29) is 18.0 Å². The van der Waals surface area contributed by atoms with Crippen LogP contribution in [-0.4, -0.2) is 25.6 Å². The first-order valence-electron chi connectivity index (χ1n) is 6.38. The molecular weight excluding hydrogens is 228 g/mol. The lowest BCUT2D eigenvalue weighted by Gasteiger charge is -2.18. The number of methoxy groups -OCH3 is 1. The number of ether oxygens (including phenoxy) is 1. The molecule has 18 heavy (non-hydrogen) atoms. The molecule has 0 aliphatic carbocycles. The van der Waals surface area contributed by atoms with E-state index in [1.807, 2.05) is 31.2 Å². The van der Waals surface area contributed by atoms with Gasteiger partial charge in [0, 0.05) is 0 Å². The number of hydrogen-bond donors (Lipinski definition) is 2. The Balaban J connectivity index is 1.97. The molecule has 2 N–H and O–H groups in total. The molecule has 1 unspecified atom stereocenters. The van der Waals surface area contributed by atoms with E-state index >= 15 is 0 Å². The van der Waals surface area contributed by atoms with Crippen LogP contribution in [0.15, 0.2) is 24.3 Å². The number of rotatable bonds is 4. The van der Waals surface area contributed by atoms with E-state index in [4.69, 9.17) is 4.74 Å². The molecule has 0 aromatic heterocycles. The van der Waals surface area contributed by atoms with Crippen LogP contribution in [0, 0.1) is 0 Å². The van der Waals surface area contributed by atoms with Gasteiger partial charge in [0.15, 0.2) is 0 Å². The Kier molecular flexibility index (Phi) is 4.20. The van der Waals surface area contributed by atoms with Gasteiger partial charge in [-0.3, -0.25) is 4.79 Å². The van der Waals surface area contributed by atoms with Crippen LogP contribution in [0.5, 0.6) is 5.75 Å². The summed E-state index contributed by atoms with van der Waals surface area (Å²) >= 11 is 0. The van der Waals surface area contributed by atoms with E-state index < -0.39 is 0 Å². The van der Waals surface area contributed by atoms with E-state index in [2.05, 4.69) is 10.6 Å². The summed E-state index contributed by atoms with van der Waals surface area (Å²) in [5.41, 5.74) is 1.06. The van der Waals surface area contributed by atoms with Crippen molar-refractivity contribution < 1.29 is 9.53 Å². The van der Waals surface area contributed by atoms with Crippen molar-refractivity contribution in [3.63, 3.8) is 0 Å². The third kappa shape index (κ3) is 3.01. The molecule has 2 rings (SSSR count). The Morgan fingerprint density at radius 3 is 3.06 bits per heavy atom. The Morgan fingerprint density at radius 2 is 2.39 bits per heavy atom. The van der Waals surface area contributed by atoms with Crippen LogP contribution >= 0.6 is 0 Å². The van der Waals surface area contributed by atoms with Crippen LogP contribution < -0.4 is 15.4 Å².